The van der Waals surface area contributed by atoms with E-state index in [9.17, 15) is 4.79 Å². The van der Waals surface area contributed by atoms with Crippen LogP contribution in [0.1, 0.15) is 33.1 Å². The maximum Gasteiger partial charge on any atom is 0.337 e. The van der Waals surface area contributed by atoms with Crippen molar-refractivity contribution in [1.29, 1.82) is 0 Å². The van der Waals surface area contributed by atoms with E-state index in [0.29, 0.717) is 18.4 Å². The Bertz CT molecular complexity index is 356. The molecule has 3 atom stereocenters. The Morgan fingerprint density at radius 1 is 1.65 bits per heavy atom. The summed E-state index contributed by atoms with van der Waals surface area (Å²) in [5.74, 6) is 1.61. The number of esters is 1. The molecule has 0 aromatic heterocycles. The third-order valence-corrected chi connectivity index (χ3v) is 3.72. The van der Waals surface area contributed by atoms with Gasteiger partial charge in [-0.05, 0) is 32.1 Å². The molecule has 94 valence electrons. The Balaban J connectivity index is 2.26. The minimum absolute atomic E-state index is 0.0555. The summed E-state index contributed by atoms with van der Waals surface area (Å²) in [6, 6.07) is 0. The highest BCUT2D eigenvalue weighted by Crippen LogP contribution is 2.44. The fourth-order valence-electron chi connectivity index (χ4n) is 2.70. The first kappa shape index (κ1) is 12.2. The van der Waals surface area contributed by atoms with Gasteiger partial charge in [0.2, 0.25) is 0 Å². The molecule has 17 heavy (non-hydrogen) atoms. The van der Waals surface area contributed by atoms with Crippen LogP contribution in [0.4, 0.5) is 0 Å². The van der Waals surface area contributed by atoms with Gasteiger partial charge in [-0.15, -0.1) is 0 Å². The third kappa shape index (κ3) is 2.24. The zero-order valence-corrected chi connectivity index (χ0v) is 10.6. The maximum atomic E-state index is 11.9. The molecular formula is C14H20O3. The first-order chi connectivity index (χ1) is 8.17. The second kappa shape index (κ2) is 4.94. The molecule has 0 radical (unpaired) electrons. The number of carbonyl (C=O) groups excluding carboxylic acids is 1. The molecule has 1 aliphatic heterocycles. The van der Waals surface area contributed by atoms with Crippen LogP contribution < -0.4 is 0 Å². The Morgan fingerprint density at radius 2 is 2.41 bits per heavy atom. The maximum absolute atomic E-state index is 11.9. The molecular weight excluding hydrogens is 216 g/mol. The van der Waals surface area contributed by atoms with Crippen molar-refractivity contribution in [3.05, 3.63) is 24.0 Å². The molecule has 2 aliphatic rings. The summed E-state index contributed by atoms with van der Waals surface area (Å²) in [5, 5.41) is 0. The number of rotatable bonds is 3. The summed E-state index contributed by atoms with van der Waals surface area (Å²) < 4.78 is 10.9. The fourth-order valence-corrected chi connectivity index (χ4v) is 2.70. The lowest BCUT2D eigenvalue weighted by Crippen LogP contribution is -2.22. The number of ether oxygens (including phenoxy) is 2. The zero-order valence-electron chi connectivity index (χ0n) is 10.6. The van der Waals surface area contributed by atoms with E-state index in [4.69, 9.17) is 9.47 Å². The number of fused-ring (bicyclic) bond motifs is 1. The summed E-state index contributed by atoms with van der Waals surface area (Å²) in [4.78, 5) is 11.9. The Hall–Kier alpha value is -1.25. The molecule has 0 bridgehead atoms. The molecule has 1 aliphatic carbocycles. The standard InChI is InChI=1S/C14H20O3/c1-4-10-8-12-9(3)6-7-11(13(12)17-10)14(15)16-5-2/h4,9-10,12H,1,5-8H2,2-3H3/t9-,10-,12-/m0/s1. The van der Waals surface area contributed by atoms with Crippen LogP contribution in [-0.2, 0) is 14.3 Å². The van der Waals surface area contributed by atoms with Crippen LogP contribution in [0.15, 0.2) is 24.0 Å². The van der Waals surface area contributed by atoms with Crippen LogP contribution in [0, 0.1) is 11.8 Å². The zero-order chi connectivity index (χ0) is 12.4. The van der Waals surface area contributed by atoms with Crippen molar-refractivity contribution < 1.29 is 14.3 Å². The Labute approximate surface area is 102 Å². The largest absolute Gasteiger partial charge is 0.490 e. The average molecular weight is 236 g/mol. The van der Waals surface area contributed by atoms with Gasteiger partial charge in [0.25, 0.3) is 0 Å². The summed E-state index contributed by atoms with van der Waals surface area (Å²) in [5.41, 5.74) is 0.749. The van der Waals surface area contributed by atoms with Gasteiger partial charge in [0.05, 0.1) is 12.2 Å². The topological polar surface area (TPSA) is 35.5 Å². The van der Waals surface area contributed by atoms with Crippen LogP contribution in [0.3, 0.4) is 0 Å². The van der Waals surface area contributed by atoms with E-state index in [0.717, 1.165) is 30.6 Å². The van der Waals surface area contributed by atoms with Gasteiger partial charge in [0, 0.05) is 5.92 Å². The average Bonchev–Trinajstić information content (AvgIpc) is 2.74. The third-order valence-electron chi connectivity index (χ3n) is 3.72. The lowest BCUT2D eigenvalue weighted by molar-refractivity contribution is -0.139. The molecule has 3 heteroatoms. The first-order valence-electron chi connectivity index (χ1n) is 6.36. The van der Waals surface area contributed by atoms with Crippen LogP contribution in [-0.4, -0.2) is 18.7 Å². The molecule has 0 saturated carbocycles. The highest BCUT2D eigenvalue weighted by molar-refractivity contribution is 5.89. The predicted octanol–water partition coefficient (Wildman–Crippen LogP) is 2.82. The van der Waals surface area contributed by atoms with Crippen LogP contribution in [0.5, 0.6) is 0 Å². The van der Waals surface area contributed by atoms with E-state index in [1.807, 2.05) is 13.0 Å². The number of carbonyl (C=O) groups is 1. The van der Waals surface area contributed by atoms with Crippen LogP contribution >= 0.6 is 0 Å². The molecule has 0 aromatic carbocycles. The minimum Gasteiger partial charge on any atom is -0.490 e. The number of hydrogen-bond donors (Lipinski definition) is 0. The molecule has 1 heterocycles. The Kier molecular flexibility index (Phi) is 3.55. The predicted molar refractivity (Wildman–Crippen MR) is 65.2 cm³/mol. The summed E-state index contributed by atoms with van der Waals surface area (Å²) >= 11 is 0. The van der Waals surface area contributed by atoms with Gasteiger partial charge >= 0.3 is 5.97 Å². The smallest absolute Gasteiger partial charge is 0.337 e. The van der Waals surface area contributed by atoms with Crippen molar-refractivity contribution >= 4 is 5.97 Å². The van der Waals surface area contributed by atoms with E-state index in [1.165, 1.54) is 0 Å². The van der Waals surface area contributed by atoms with Crippen molar-refractivity contribution in [2.75, 3.05) is 6.61 Å². The minimum atomic E-state index is -0.205. The van der Waals surface area contributed by atoms with E-state index in [-0.39, 0.29) is 12.1 Å². The fraction of sp³-hybridized carbons (Fsp3) is 0.643. The van der Waals surface area contributed by atoms with Crippen molar-refractivity contribution in [3.8, 4) is 0 Å². The van der Waals surface area contributed by atoms with Gasteiger partial charge in [-0.2, -0.15) is 0 Å². The molecule has 1 fully saturated rings. The molecule has 0 N–H and O–H groups in total. The normalized spacial score (nSPS) is 31.8. The van der Waals surface area contributed by atoms with E-state index < -0.39 is 0 Å². The van der Waals surface area contributed by atoms with Gasteiger partial charge in [-0.3, -0.25) is 0 Å². The highest BCUT2D eigenvalue weighted by Gasteiger charge is 2.40. The van der Waals surface area contributed by atoms with E-state index >= 15 is 0 Å². The molecule has 0 spiro atoms. The summed E-state index contributed by atoms with van der Waals surface area (Å²) in [6.07, 6.45) is 4.63. The Morgan fingerprint density at radius 3 is 3.06 bits per heavy atom. The second-order valence-electron chi connectivity index (χ2n) is 4.81. The lowest BCUT2D eigenvalue weighted by atomic mass is 9.79. The SMILES string of the molecule is C=C[C@H]1C[C@@H]2C(=C(C(=O)OCC)CC[C@@H]2C)O1. The van der Waals surface area contributed by atoms with Gasteiger partial charge < -0.3 is 9.47 Å². The van der Waals surface area contributed by atoms with Crippen LogP contribution in [0.2, 0.25) is 0 Å². The first-order valence-corrected chi connectivity index (χ1v) is 6.36. The van der Waals surface area contributed by atoms with Crippen molar-refractivity contribution in [2.24, 2.45) is 11.8 Å². The van der Waals surface area contributed by atoms with Crippen molar-refractivity contribution in [3.63, 3.8) is 0 Å². The second-order valence-corrected chi connectivity index (χ2v) is 4.81. The van der Waals surface area contributed by atoms with Crippen LogP contribution in [0.25, 0.3) is 0 Å². The quantitative estimate of drug-likeness (QED) is 0.558. The van der Waals surface area contributed by atoms with Gasteiger partial charge in [0.15, 0.2) is 0 Å². The molecule has 3 nitrogen and oxygen atoms in total. The molecule has 0 amide bonds. The van der Waals surface area contributed by atoms with Gasteiger partial charge in [-0.1, -0.05) is 19.6 Å². The number of allylic oxidation sites excluding steroid dienone is 1. The lowest BCUT2D eigenvalue weighted by Gasteiger charge is -2.26. The van der Waals surface area contributed by atoms with Gasteiger partial charge in [-0.25, -0.2) is 4.79 Å². The molecule has 0 unspecified atom stereocenters. The summed E-state index contributed by atoms with van der Waals surface area (Å²) in [6.45, 7) is 8.24. The van der Waals surface area contributed by atoms with E-state index in [2.05, 4.69) is 13.5 Å². The highest BCUT2D eigenvalue weighted by atomic mass is 16.5. The monoisotopic (exact) mass is 236 g/mol. The van der Waals surface area contributed by atoms with Gasteiger partial charge in [0.1, 0.15) is 11.9 Å². The summed E-state index contributed by atoms with van der Waals surface area (Å²) in [7, 11) is 0. The number of hydrogen-bond acceptors (Lipinski definition) is 3. The molecule has 1 saturated heterocycles. The van der Waals surface area contributed by atoms with Crippen molar-refractivity contribution in [1.82, 2.24) is 0 Å². The van der Waals surface area contributed by atoms with E-state index in [1.54, 1.807) is 0 Å². The molecule has 2 rings (SSSR count). The van der Waals surface area contributed by atoms with Crippen molar-refractivity contribution in [2.45, 2.75) is 39.2 Å². The molecule has 0 aromatic rings.